The molecule has 0 spiro atoms. The second kappa shape index (κ2) is 4.81. The van der Waals surface area contributed by atoms with Gasteiger partial charge in [-0.3, -0.25) is 9.80 Å². The molecule has 0 aromatic carbocycles. The Labute approximate surface area is 93.1 Å². The Kier molecular flexibility index (Phi) is 3.65. The van der Waals surface area contributed by atoms with Crippen LogP contribution in [-0.2, 0) is 0 Å². The first-order valence-electron chi connectivity index (χ1n) is 6.33. The largest absolute Gasteiger partial charge is 0.393 e. The van der Waals surface area contributed by atoms with Gasteiger partial charge in [-0.2, -0.15) is 0 Å². The van der Waals surface area contributed by atoms with E-state index in [4.69, 9.17) is 0 Å². The SMILES string of the molecule is CC(O)CC(C)N1CCN(C2CC2)CC1. The molecule has 2 aliphatic rings. The van der Waals surface area contributed by atoms with Crippen LogP contribution < -0.4 is 0 Å². The Bertz CT molecular complexity index is 196. The zero-order chi connectivity index (χ0) is 10.8. The molecule has 88 valence electrons. The van der Waals surface area contributed by atoms with Gasteiger partial charge >= 0.3 is 0 Å². The number of aliphatic hydroxyl groups excluding tert-OH is 1. The molecule has 0 amide bonds. The summed E-state index contributed by atoms with van der Waals surface area (Å²) in [5.41, 5.74) is 0. The molecular formula is C12H24N2O. The van der Waals surface area contributed by atoms with E-state index in [2.05, 4.69) is 16.7 Å². The molecule has 3 heteroatoms. The molecule has 1 saturated heterocycles. The third-order valence-corrected chi connectivity index (χ3v) is 3.72. The van der Waals surface area contributed by atoms with Crippen molar-refractivity contribution in [1.82, 2.24) is 9.80 Å². The first-order chi connectivity index (χ1) is 7.16. The van der Waals surface area contributed by atoms with Gasteiger partial charge in [0, 0.05) is 38.3 Å². The zero-order valence-corrected chi connectivity index (χ0v) is 10.0. The molecule has 2 unspecified atom stereocenters. The summed E-state index contributed by atoms with van der Waals surface area (Å²) in [7, 11) is 0. The summed E-state index contributed by atoms with van der Waals surface area (Å²) in [5.74, 6) is 0. The van der Waals surface area contributed by atoms with E-state index in [-0.39, 0.29) is 6.10 Å². The average Bonchev–Trinajstić information content (AvgIpc) is 3.00. The molecule has 0 aromatic heterocycles. The third-order valence-electron chi connectivity index (χ3n) is 3.72. The Morgan fingerprint density at radius 1 is 1.13 bits per heavy atom. The molecule has 2 atom stereocenters. The molecule has 2 rings (SSSR count). The Morgan fingerprint density at radius 2 is 1.73 bits per heavy atom. The van der Waals surface area contributed by atoms with E-state index in [0.717, 1.165) is 12.5 Å². The van der Waals surface area contributed by atoms with Crippen LogP contribution in [0.3, 0.4) is 0 Å². The van der Waals surface area contributed by atoms with Crippen molar-refractivity contribution < 1.29 is 5.11 Å². The lowest BCUT2D eigenvalue weighted by atomic mass is 10.1. The molecule has 1 N–H and O–H groups in total. The van der Waals surface area contributed by atoms with Crippen LogP contribution in [0.2, 0.25) is 0 Å². The van der Waals surface area contributed by atoms with E-state index in [1.54, 1.807) is 0 Å². The highest BCUT2D eigenvalue weighted by atomic mass is 16.3. The van der Waals surface area contributed by atoms with Gasteiger partial charge in [-0.1, -0.05) is 0 Å². The number of piperazine rings is 1. The number of hydrogen-bond acceptors (Lipinski definition) is 3. The van der Waals surface area contributed by atoms with Crippen molar-refractivity contribution in [2.24, 2.45) is 0 Å². The maximum absolute atomic E-state index is 9.37. The first kappa shape index (κ1) is 11.4. The molecule has 3 nitrogen and oxygen atoms in total. The van der Waals surface area contributed by atoms with Crippen molar-refractivity contribution in [3.63, 3.8) is 0 Å². The van der Waals surface area contributed by atoms with Gasteiger partial charge in [0.2, 0.25) is 0 Å². The molecule has 0 aromatic rings. The van der Waals surface area contributed by atoms with Crippen molar-refractivity contribution in [3.8, 4) is 0 Å². The van der Waals surface area contributed by atoms with Crippen LogP contribution in [0, 0.1) is 0 Å². The van der Waals surface area contributed by atoms with Gasteiger partial charge in [-0.25, -0.2) is 0 Å². The number of aliphatic hydroxyl groups is 1. The maximum Gasteiger partial charge on any atom is 0.0526 e. The quantitative estimate of drug-likeness (QED) is 0.751. The fraction of sp³-hybridized carbons (Fsp3) is 1.00. The Balaban J connectivity index is 1.71. The number of hydrogen-bond donors (Lipinski definition) is 1. The van der Waals surface area contributed by atoms with Crippen molar-refractivity contribution in [3.05, 3.63) is 0 Å². The molecule has 2 fully saturated rings. The predicted octanol–water partition coefficient (Wildman–Crippen LogP) is 0.926. The van der Waals surface area contributed by atoms with Gasteiger partial charge in [-0.05, 0) is 33.1 Å². The lowest BCUT2D eigenvalue weighted by Gasteiger charge is -2.38. The standard InChI is InChI=1S/C12H24N2O/c1-10(9-11(2)15)13-5-7-14(8-6-13)12-3-4-12/h10-12,15H,3-9H2,1-2H3. The summed E-state index contributed by atoms with van der Waals surface area (Å²) in [6.07, 6.45) is 3.58. The van der Waals surface area contributed by atoms with E-state index >= 15 is 0 Å². The fourth-order valence-electron chi connectivity index (χ4n) is 2.63. The van der Waals surface area contributed by atoms with Crippen molar-refractivity contribution in [2.45, 2.75) is 51.3 Å². The monoisotopic (exact) mass is 212 g/mol. The highest BCUT2D eigenvalue weighted by molar-refractivity contribution is 4.88. The topological polar surface area (TPSA) is 26.7 Å². The highest BCUT2D eigenvalue weighted by Gasteiger charge is 2.32. The van der Waals surface area contributed by atoms with E-state index in [1.807, 2.05) is 6.92 Å². The smallest absolute Gasteiger partial charge is 0.0526 e. The van der Waals surface area contributed by atoms with Crippen molar-refractivity contribution >= 4 is 0 Å². The normalized spacial score (nSPS) is 29.0. The van der Waals surface area contributed by atoms with Crippen LogP contribution in [-0.4, -0.2) is 59.3 Å². The summed E-state index contributed by atoms with van der Waals surface area (Å²) in [5, 5.41) is 9.37. The second-order valence-corrected chi connectivity index (χ2v) is 5.24. The third kappa shape index (κ3) is 3.16. The summed E-state index contributed by atoms with van der Waals surface area (Å²) in [4.78, 5) is 5.15. The molecule has 0 radical (unpaired) electrons. The van der Waals surface area contributed by atoms with Gasteiger partial charge in [0.25, 0.3) is 0 Å². The molecular weight excluding hydrogens is 188 g/mol. The minimum Gasteiger partial charge on any atom is -0.393 e. The summed E-state index contributed by atoms with van der Waals surface area (Å²) in [6, 6.07) is 1.45. The fourth-order valence-corrected chi connectivity index (χ4v) is 2.63. The van der Waals surface area contributed by atoms with Crippen LogP contribution in [0.25, 0.3) is 0 Å². The van der Waals surface area contributed by atoms with Crippen LogP contribution in [0.5, 0.6) is 0 Å². The van der Waals surface area contributed by atoms with Crippen LogP contribution >= 0.6 is 0 Å². The summed E-state index contributed by atoms with van der Waals surface area (Å²) in [6.45, 7) is 8.95. The number of nitrogens with zero attached hydrogens (tertiary/aromatic N) is 2. The number of rotatable bonds is 4. The van der Waals surface area contributed by atoms with Gasteiger partial charge < -0.3 is 5.11 Å². The van der Waals surface area contributed by atoms with Crippen molar-refractivity contribution in [1.29, 1.82) is 0 Å². The van der Waals surface area contributed by atoms with Gasteiger partial charge in [0.1, 0.15) is 0 Å². The molecule has 1 saturated carbocycles. The molecule has 15 heavy (non-hydrogen) atoms. The predicted molar refractivity (Wildman–Crippen MR) is 61.9 cm³/mol. The molecule has 1 heterocycles. The first-order valence-corrected chi connectivity index (χ1v) is 6.33. The lowest BCUT2D eigenvalue weighted by molar-refractivity contribution is 0.0699. The van der Waals surface area contributed by atoms with Gasteiger partial charge in [0.15, 0.2) is 0 Å². The Hall–Kier alpha value is -0.120. The average molecular weight is 212 g/mol. The molecule has 0 bridgehead atoms. The van der Waals surface area contributed by atoms with Crippen LogP contribution in [0.1, 0.15) is 33.1 Å². The lowest BCUT2D eigenvalue weighted by Crippen LogP contribution is -2.50. The summed E-state index contributed by atoms with van der Waals surface area (Å²) >= 11 is 0. The van der Waals surface area contributed by atoms with E-state index in [1.165, 1.54) is 39.0 Å². The minimum absolute atomic E-state index is 0.165. The second-order valence-electron chi connectivity index (χ2n) is 5.24. The van der Waals surface area contributed by atoms with Gasteiger partial charge in [-0.15, -0.1) is 0 Å². The molecule has 1 aliphatic carbocycles. The highest BCUT2D eigenvalue weighted by Crippen LogP contribution is 2.27. The zero-order valence-electron chi connectivity index (χ0n) is 10.0. The van der Waals surface area contributed by atoms with Crippen molar-refractivity contribution in [2.75, 3.05) is 26.2 Å². The van der Waals surface area contributed by atoms with Crippen LogP contribution in [0.15, 0.2) is 0 Å². The maximum atomic E-state index is 9.37. The Morgan fingerprint density at radius 3 is 2.20 bits per heavy atom. The van der Waals surface area contributed by atoms with Gasteiger partial charge in [0.05, 0.1) is 6.10 Å². The van der Waals surface area contributed by atoms with Crippen LogP contribution in [0.4, 0.5) is 0 Å². The van der Waals surface area contributed by atoms with E-state index in [0.29, 0.717) is 6.04 Å². The minimum atomic E-state index is -0.165. The summed E-state index contributed by atoms with van der Waals surface area (Å²) < 4.78 is 0. The van der Waals surface area contributed by atoms with E-state index < -0.39 is 0 Å². The molecule has 1 aliphatic heterocycles. The van der Waals surface area contributed by atoms with E-state index in [9.17, 15) is 5.11 Å².